The number of rotatable bonds is 5. The van der Waals surface area contributed by atoms with E-state index in [0.29, 0.717) is 0 Å². The molecule has 8 nitrogen and oxygen atoms in total. The van der Waals surface area contributed by atoms with Crippen molar-refractivity contribution in [2.24, 2.45) is 0 Å². The van der Waals surface area contributed by atoms with Crippen molar-refractivity contribution in [2.45, 2.75) is 25.5 Å². The molecule has 24 heavy (non-hydrogen) atoms. The van der Waals surface area contributed by atoms with Gasteiger partial charge in [0.25, 0.3) is 0 Å². The molecule has 0 radical (unpaired) electrons. The van der Waals surface area contributed by atoms with Crippen LogP contribution in [0.25, 0.3) is 0 Å². The smallest absolute Gasteiger partial charge is 0.387 e. The van der Waals surface area contributed by atoms with Gasteiger partial charge in [0.2, 0.25) is 11.8 Å². The van der Waals surface area contributed by atoms with Crippen LogP contribution in [-0.2, 0) is 9.59 Å². The van der Waals surface area contributed by atoms with Gasteiger partial charge in [-0.05, 0) is 18.6 Å². The van der Waals surface area contributed by atoms with E-state index in [1.54, 1.807) is 0 Å². The van der Waals surface area contributed by atoms with Gasteiger partial charge in [0, 0.05) is 18.2 Å². The predicted octanol–water partition coefficient (Wildman–Crippen LogP) is 1.22. The Morgan fingerprint density at radius 3 is 2.71 bits per heavy atom. The van der Waals surface area contributed by atoms with E-state index in [9.17, 15) is 23.2 Å². The van der Waals surface area contributed by atoms with Crippen LogP contribution >= 0.6 is 0 Å². The van der Waals surface area contributed by atoms with Crippen molar-refractivity contribution >= 4 is 23.5 Å². The topological polar surface area (TPSA) is 106 Å². The Kier molecular flexibility index (Phi) is 5.51. The lowest BCUT2D eigenvalue weighted by Crippen LogP contribution is -2.53. The molecule has 0 aliphatic carbocycles. The second-order valence-electron chi connectivity index (χ2n) is 4.85. The van der Waals surface area contributed by atoms with Crippen LogP contribution in [0, 0.1) is 0 Å². The number of halogens is 2. The van der Waals surface area contributed by atoms with Crippen LogP contribution in [0.5, 0.6) is 11.5 Å². The van der Waals surface area contributed by atoms with Gasteiger partial charge in [-0.3, -0.25) is 14.9 Å². The highest BCUT2D eigenvalue weighted by atomic mass is 19.3. The average molecular weight is 343 g/mol. The second-order valence-corrected chi connectivity index (χ2v) is 4.85. The van der Waals surface area contributed by atoms with Crippen LogP contribution in [0.3, 0.4) is 0 Å². The first-order valence-corrected chi connectivity index (χ1v) is 6.93. The molecule has 10 heteroatoms. The zero-order chi connectivity index (χ0) is 17.7. The minimum absolute atomic E-state index is 0.0754. The molecule has 1 saturated heterocycles. The average Bonchev–Trinajstić information content (AvgIpc) is 2.50. The zero-order valence-corrected chi connectivity index (χ0v) is 12.6. The summed E-state index contributed by atoms with van der Waals surface area (Å²) < 4.78 is 33.9. The normalized spacial score (nSPS) is 17.2. The first-order chi connectivity index (χ1) is 11.4. The van der Waals surface area contributed by atoms with Gasteiger partial charge in [0.1, 0.15) is 6.04 Å². The van der Waals surface area contributed by atoms with Crippen LogP contribution in [0.2, 0.25) is 0 Å². The van der Waals surface area contributed by atoms with Crippen LogP contribution in [0.1, 0.15) is 12.8 Å². The molecule has 1 aromatic rings. The maximum atomic E-state index is 12.4. The van der Waals surface area contributed by atoms with Crippen LogP contribution in [-0.4, -0.2) is 37.6 Å². The van der Waals surface area contributed by atoms with Crippen LogP contribution < -0.4 is 25.4 Å². The third kappa shape index (κ3) is 4.54. The minimum Gasteiger partial charge on any atom is -0.493 e. The second kappa shape index (κ2) is 7.57. The Bertz CT molecular complexity index is 653. The molecule has 4 amide bonds. The maximum Gasteiger partial charge on any atom is 0.387 e. The zero-order valence-electron chi connectivity index (χ0n) is 12.6. The summed E-state index contributed by atoms with van der Waals surface area (Å²) in [5.41, 5.74) is 0.163. The largest absolute Gasteiger partial charge is 0.493 e. The highest BCUT2D eigenvalue weighted by Gasteiger charge is 2.27. The van der Waals surface area contributed by atoms with Gasteiger partial charge in [-0.15, -0.1) is 0 Å². The lowest BCUT2D eigenvalue weighted by molar-refractivity contribution is -0.134. The number of anilines is 1. The number of imide groups is 1. The Morgan fingerprint density at radius 1 is 1.33 bits per heavy atom. The van der Waals surface area contributed by atoms with E-state index < -0.39 is 30.5 Å². The summed E-state index contributed by atoms with van der Waals surface area (Å²) in [6.45, 7) is -3.05. The molecular formula is C14H15F2N3O5. The Labute approximate surface area is 135 Å². The van der Waals surface area contributed by atoms with Crippen LogP contribution in [0.4, 0.5) is 19.3 Å². The van der Waals surface area contributed by atoms with E-state index in [1.807, 2.05) is 0 Å². The molecule has 0 spiro atoms. The third-order valence-electron chi connectivity index (χ3n) is 3.18. The fourth-order valence-electron chi connectivity index (χ4n) is 2.10. The van der Waals surface area contributed by atoms with Crippen molar-refractivity contribution in [3.05, 3.63) is 18.2 Å². The molecule has 130 valence electrons. The molecule has 1 unspecified atom stereocenters. The summed E-state index contributed by atoms with van der Waals surface area (Å²) in [6.07, 6.45) is 0.298. The monoisotopic (exact) mass is 343 g/mol. The van der Waals surface area contributed by atoms with E-state index in [0.717, 1.165) is 6.07 Å². The molecule has 0 aromatic heterocycles. The summed E-state index contributed by atoms with van der Waals surface area (Å²) in [7, 11) is 1.29. The number of ether oxygens (including phenoxy) is 2. The number of carbonyl (C=O) groups is 3. The Balaban J connectivity index is 2.00. The minimum atomic E-state index is -3.05. The molecule has 1 fully saturated rings. The van der Waals surface area contributed by atoms with Crippen molar-refractivity contribution in [1.29, 1.82) is 0 Å². The maximum absolute atomic E-state index is 12.4. The SMILES string of the molecule is COc1ccc(NC(=O)NC2CCC(=O)NC2=O)cc1OC(F)F. The fourth-order valence-corrected chi connectivity index (χ4v) is 2.10. The number of hydrogen-bond acceptors (Lipinski definition) is 5. The number of amides is 4. The number of piperidine rings is 1. The van der Waals surface area contributed by atoms with Crippen molar-refractivity contribution in [3.63, 3.8) is 0 Å². The molecule has 1 atom stereocenters. The molecule has 1 aliphatic rings. The number of alkyl halides is 2. The van der Waals surface area contributed by atoms with Gasteiger partial charge in [0.05, 0.1) is 7.11 Å². The summed E-state index contributed by atoms with van der Waals surface area (Å²) >= 11 is 0. The van der Waals surface area contributed by atoms with Crippen molar-refractivity contribution in [3.8, 4) is 11.5 Å². The van der Waals surface area contributed by atoms with Gasteiger partial charge < -0.3 is 20.1 Å². The van der Waals surface area contributed by atoms with E-state index in [2.05, 4.69) is 20.7 Å². The Hall–Kier alpha value is -2.91. The number of carbonyl (C=O) groups excluding carboxylic acids is 3. The molecule has 1 aromatic carbocycles. The third-order valence-corrected chi connectivity index (χ3v) is 3.18. The molecular weight excluding hydrogens is 328 g/mol. The summed E-state index contributed by atoms with van der Waals surface area (Å²) in [5.74, 6) is -1.17. The summed E-state index contributed by atoms with van der Waals surface area (Å²) in [5, 5.41) is 6.89. The van der Waals surface area contributed by atoms with E-state index in [-0.39, 0.29) is 30.0 Å². The highest BCUT2D eigenvalue weighted by Crippen LogP contribution is 2.31. The first-order valence-electron chi connectivity index (χ1n) is 6.93. The van der Waals surface area contributed by atoms with Crippen LogP contribution in [0.15, 0.2) is 18.2 Å². The molecule has 0 saturated carbocycles. The van der Waals surface area contributed by atoms with Crippen molar-refractivity contribution < 1.29 is 32.6 Å². The highest BCUT2D eigenvalue weighted by molar-refractivity contribution is 6.02. The summed E-state index contributed by atoms with van der Waals surface area (Å²) in [4.78, 5) is 34.5. The van der Waals surface area contributed by atoms with Gasteiger partial charge in [-0.2, -0.15) is 8.78 Å². The lowest BCUT2D eigenvalue weighted by atomic mass is 10.1. The summed E-state index contributed by atoms with van der Waals surface area (Å²) in [6, 6.07) is 2.35. The number of hydrogen-bond donors (Lipinski definition) is 3. The predicted molar refractivity (Wildman–Crippen MR) is 78.0 cm³/mol. The van der Waals surface area contributed by atoms with Gasteiger partial charge >= 0.3 is 12.6 Å². The quantitative estimate of drug-likeness (QED) is 0.697. The van der Waals surface area contributed by atoms with Crippen molar-refractivity contribution in [1.82, 2.24) is 10.6 Å². The molecule has 1 aliphatic heterocycles. The number of nitrogens with one attached hydrogen (secondary N) is 3. The number of urea groups is 1. The fraction of sp³-hybridized carbons (Fsp3) is 0.357. The van der Waals surface area contributed by atoms with Gasteiger partial charge in [0.15, 0.2) is 11.5 Å². The van der Waals surface area contributed by atoms with Gasteiger partial charge in [-0.1, -0.05) is 0 Å². The molecule has 2 rings (SSSR count). The van der Waals surface area contributed by atoms with Crippen molar-refractivity contribution in [2.75, 3.05) is 12.4 Å². The van der Waals surface area contributed by atoms with E-state index in [4.69, 9.17) is 4.74 Å². The van der Waals surface area contributed by atoms with E-state index >= 15 is 0 Å². The standard InChI is InChI=1S/C14H15F2N3O5/c1-23-9-4-2-7(6-10(9)24-13(15)16)17-14(22)18-8-3-5-11(20)19-12(8)21/h2,4,6,8,13H,3,5H2,1H3,(H2,17,18,22)(H,19,20,21). The Morgan fingerprint density at radius 2 is 2.08 bits per heavy atom. The molecule has 0 bridgehead atoms. The van der Waals surface area contributed by atoms with Gasteiger partial charge in [-0.25, -0.2) is 4.79 Å². The number of methoxy groups -OCH3 is 1. The van der Waals surface area contributed by atoms with E-state index in [1.165, 1.54) is 19.2 Å². The first kappa shape index (κ1) is 17.4. The number of benzene rings is 1. The lowest BCUT2D eigenvalue weighted by Gasteiger charge is -2.22. The molecule has 1 heterocycles. The molecule has 3 N–H and O–H groups in total.